The van der Waals surface area contributed by atoms with Crippen LogP contribution in [-0.4, -0.2) is 29.0 Å². The lowest BCUT2D eigenvalue weighted by Crippen LogP contribution is -2.33. The Labute approximate surface area is 130 Å². The van der Waals surface area contributed by atoms with Crippen LogP contribution in [0.5, 0.6) is 0 Å². The number of pyridine rings is 1. The molecule has 6 nitrogen and oxygen atoms in total. The number of hydrogen-bond acceptors (Lipinski definition) is 4. The van der Waals surface area contributed by atoms with E-state index in [4.69, 9.17) is 4.74 Å². The number of Topliss-reactive ketones (excluding diaryl/α,β-unsaturated/α-hetero) is 1. The zero-order chi connectivity index (χ0) is 16.8. The van der Waals surface area contributed by atoms with E-state index >= 15 is 0 Å². The van der Waals surface area contributed by atoms with Crippen molar-refractivity contribution < 1.29 is 14.3 Å². The lowest BCUT2D eigenvalue weighted by molar-refractivity contribution is 0.0527. The molecule has 0 aromatic carbocycles. The molecule has 22 heavy (non-hydrogen) atoms. The number of alkyl carbamates (subject to hydrolysis) is 1. The molecule has 1 aromatic heterocycles. The lowest BCUT2D eigenvalue weighted by atomic mass is 10.0. The average Bonchev–Trinajstić information content (AvgIpc) is 2.35. The van der Waals surface area contributed by atoms with Gasteiger partial charge < -0.3 is 15.0 Å². The van der Waals surface area contributed by atoms with E-state index in [0.29, 0.717) is 36.9 Å². The number of aryl methyl sites for hydroxylation is 1. The van der Waals surface area contributed by atoms with Gasteiger partial charge in [0.15, 0.2) is 5.78 Å². The molecule has 0 saturated heterocycles. The molecule has 1 heterocycles. The van der Waals surface area contributed by atoms with Crippen molar-refractivity contribution in [1.82, 2.24) is 10.3 Å². The Hall–Kier alpha value is -2.11. The van der Waals surface area contributed by atoms with E-state index < -0.39 is 11.7 Å². The predicted octanol–water partition coefficient (Wildman–Crippen LogP) is 2.56. The third-order valence-corrected chi connectivity index (χ3v) is 2.93. The summed E-state index contributed by atoms with van der Waals surface area (Å²) in [7, 11) is 0. The first kappa shape index (κ1) is 17.9. The van der Waals surface area contributed by atoms with E-state index in [1.54, 1.807) is 27.7 Å². The zero-order valence-electron chi connectivity index (χ0n) is 13.6. The van der Waals surface area contributed by atoms with Gasteiger partial charge in [-0.2, -0.15) is 0 Å². The smallest absolute Gasteiger partial charge is 0.407 e. The van der Waals surface area contributed by atoms with Gasteiger partial charge in [0, 0.05) is 30.8 Å². The van der Waals surface area contributed by atoms with Crippen molar-refractivity contribution in [2.45, 2.75) is 52.6 Å². The van der Waals surface area contributed by atoms with Crippen molar-refractivity contribution in [2.24, 2.45) is 0 Å². The fourth-order valence-corrected chi connectivity index (χ4v) is 1.92. The molecular weight excluding hydrogens is 284 g/mol. The number of hydrogen-bond donors (Lipinski definition) is 2. The summed E-state index contributed by atoms with van der Waals surface area (Å²) in [5.41, 5.74) is 0.498. The van der Waals surface area contributed by atoms with Gasteiger partial charge >= 0.3 is 6.09 Å². The minimum Gasteiger partial charge on any atom is -0.444 e. The first-order valence-corrected chi connectivity index (χ1v) is 7.38. The predicted molar refractivity (Wildman–Crippen MR) is 84.2 cm³/mol. The number of rotatable bonds is 6. The number of carbonyl (C=O) groups excluding carboxylic acids is 2. The largest absolute Gasteiger partial charge is 0.444 e. The minimum atomic E-state index is -0.512. The molecule has 0 aliphatic carbocycles. The molecular formula is C16H24N2O4. The Bertz CT molecular complexity index is 585. The van der Waals surface area contributed by atoms with Gasteiger partial charge in [0.2, 0.25) is 5.56 Å². The molecule has 0 unspecified atom stereocenters. The number of aromatic nitrogens is 1. The quantitative estimate of drug-likeness (QED) is 0.624. The maximum absolute atomic E-state index is 12.0. The van der Waals surface area contributed by atoms with Gasteiger partial charge in [0.25, 0.3) is 0 Å². The Balaban J connectivity index is 2.29. The highest BCUT2D eigenvalue weighted by Gasteiger charge is 2.15. The van der Waals surface area contributed by atoms with Crippen molar-refractivity contribution in [3.8, 4) is 0 Å². The number of ether oxygens (including phenoxy) is 1. The number of H-pyrrole nitrogens is 1. The molecule has 0 fully saturated rings. The first-order chi connectivity index (χ1) is 10.2. The summed E-state index contributed by atoms with van der Waals surface area (Å²) >= 11 is 0. The summed E-state index contributed by atoms with van der Waals surface area (Å²) in [6.07, 6.45) is 2.73. The lowest BCUT2D eigenvalue weighted by Gasteiger charge is -2.19. The molecule has 1 rings (SSSR count). The fourth-order valence-electron chi connectivity index (χ4n) is 1.92. The minimum absolute atomic E-state index is 0.00832. The number of unbranched alkanes of at least 4 members (excludes halogenated alkanes) is 1. The molecule has 1 amide bonds. The third kappa shape index (κ3) is 6.56. The van der Waals surface area contributed by atoms with Crippen molar-refractivity contribution in [1.29, 1.82) is 0 Å². The summed E-state index contributed by atoms with van der Waals surface area (Å²) in [4.78, 5) is 37.1. The normalized spacial score (nSPS) is 11.1. The van der Waals surface area contributed by atoms with Crippen molar-refractivity contribution in [3.05, 3.63) is 33.7 Å². The molecule has 122 valence electrons. The van der Waals surface area contributed by atoms with E-state index in [1.807, 2.05) is 0 Å². The molecule has 0 saturated carbocycles. The maximum Gasteiger partial charge on any atom is 0.407 e. The van der Waals surface area contributed by atoms with Gasteiger partial charge in [0.1, 0.15) is 5.60 Å². The van der Waals surface area contributed by atoms with Crippen LogP contribution in [0.1, 0.15) is 56.0 Å². The first-order valence-electron chi connectivity index (χ1n) is 7.38. The van der Waals surface area contributed by atoms with Crippen molar-refractivity contribution in [2.75, 3.05) is 6.54 Å². The Morgan fingerprint density at radius 1 is 1.27 bits per heavy atom. The molecule has 2 N–H and O–H groups in total. The summed E-state index contributed by atoms with van der Waals surface area (Å²) < 4.78 is 5.11. The number of aromatic amines is 1. The standard InChI is InChI=1S/C16H24N2O4/c1-11-9-14(20)18-10-12(11)13(19)7-5-6-8-17-15(21)22-16(2,3)4/h9-10H,5-8H2,1-4H3,(H,17,21)(H,18,20). The third-order valence-electron chi connectivity index (χ3n) is 2.93. The molecule has 0 atom stereocenters. The van der Waals surface area contributed by atoms with Crippen LogP contribution in [0.25, 0.3) is 0 Å². The van der Waals surface area contributed by atoms with Crippen LogP contribution in [0.2, 0.25) is 0 Å². The number of ketones is 1. The van der Waals surface area contributed by atoms with E-state index in [9.17, 15) is 14.4 Å². The van der Waals surface area contributed by atoms with Gasteiger partial charge in [0.05, 0.1) is 0 Å². The van der Waals surface area contributed by atoms with E-state index in [-0.39, 0.29) is 11.3 Å². The zero-order valence-corrected chi connectivity index (χ0v) is 13.6. The van der Waals surface area contributed by atoms with E-state index in [0.717, 1.165) is 0 Å². The van der Waals surface area contributed by atoms with Crippen LogP contribution in [0.15, 0.2) is 17.1 Å². The van der Waals surface area contributed by atoms with Crippen molar-refractivity contribution >= 4 is 11.9 Å². The van der Waals surface area contributed by atoms with Gasteiger partial charge in [-0.1, -0.05) is 0 Å². The summed E-state index contributed by atoms with van der Waals surface area (Å²) in [6, 6.07) is 1.41. The summed E-state index contributed by atoms with van der Waals surface area (Å²) in [6.45, 7) is 7.62. The molecule has 1 aromatic rings. The fraction of sp³-hybridized carbons (Fsp3) is 0.562. The Morgan fingerprint density at radius 2 is 1.95 bits per heavy atom. The van der Waals surface area contributed by atoms with Crippen LogP contribution >= 0.6 is 0 Å². The number of nitrogens with one attached hydrogen (secondary N) is 2. The van der Waals surface area contributed by atoms with Crippen LogP contribution in [-0.2, 0) is 4.74 Å². The molecule has 0 aliphatic rings. The van der Waals surface area contributed by atoms with E-state index in [2.05, 4.69) is 10.3 Å². The van der Waals surface area contributed by atoms with Crippen molar-refractivity contribution in [3.63, 3.8) is 0 Å². The van der Waals surface area contributed by atoms with Gasteiger partial charge in [-0.05, 0) is 46.1 Å². The molecule has 0 aliphatic heterocycles. The highest BCUT2D eigenvalue weighted by Crippen LogP contribution is 2.09. The Morgan fingerprint density at radius 3 is 2.55 bits per heavy atom. The second-order valence-electron chi connectivity index (χ2n) is 6.20. The van der Waals surface area contributed by atoms with Crippen LogP contribution < -0.4 is 10.9 Å². The van der Waals surface area contributed by atoms with Crippen LogP contribution in [0, 0.1) is 6.92 Å². The number of amides is 1. The second kappa shape index (κ2) is 7.77. The van der Waals surface area contributed by atoms with Gasteiger partial charge in [-0.15, -0.1) is 0 Å². The Kier molecular flexibility index (Phi) is 6.34. The average molecular weight is 308 g/mol. The van der Waals surface area contributed by atoms with Crippen LogP contribution in [0.3, 0.4) is 0 Å². The molecule has 0 radical (unpaired) electrons. The molecule has 0 bridgehead atoms. The number of carbonyl (C=O) groups is 2. The topological polar surface area (TPSA) is 88.3 Å². The van der Waals surface area contributed by atoms with Gasteiger partial charge in [-0.3, -0.25) is 9.59 Å². The van der Waals surface area contributed by atoms with Crippen LogP contribution in [0.4, 0.5) is 4.79 Å². The van der Waals surface area contributed by atoms with E-state index in [1.165, 1.54) is 12.3 Å². The summed E-state index contributed by atoms with van der Waals surface area (Å²) in [5, 5.41) is 2.65. The highest BCUT2D eigenvalue weighted by molar-refractivity contribution is 5.97. The second-order valence-corrected chi connectivity index (χ2v) is 6.20. The van der Waals surface area contributed by atoms with Gasteiger partial charge in [-0.25, -0.2) is 4.79 Å². The molecule has 6 heteroatoms. The maximum atomic E-state index is 12.0. The monoisotopic (exact) mass is 308 g/mol. The summed E-state index contributed by atoms with van der Waals surface area (Å²) in [5.74, 6) is -0.00832. The highest BCUT2D eigenvalue weighted by atomic mass is 16.6. The SMILES string of the molecule is Cc1cc(=O)[nH]cc1C(=O)CCCCNC(=O)OC(C)(C)C. The molecule has 0 spiro atoms.